The van der Waals surface area contributed by atoms with Gasteiger partial charge in [0, 0.05) is 43.2 Å². The SMILES string of the molecule is CCCN(CC(=O)N(CCc1c[nH]c2ccccc12)Cc1ccc(OCC)cc1)C(=O)CC(C)CC(C)(C)C. The van der Waals surface area contributed by atoms with Crippen LogP contribution in [0.5, 0.6) is 5.75 Å². The Hall–Kier alpha value is -3.28. The van der Waals surface area contributed by atoms with Gasteiger partial charge in [-0.05, 0) is 66.8 Å². The van der Waals surface area contributed by atoms with Gasteiger partial charge in [-0.3, -0.25) is 9.59 Å². The molecule has 0 aliphatic heterocycles. The Kier molecular flexibility index (Phi) is 11.0. The maximum atomic E-state index is 13.7. The number of aromatic amines is 1. The Morgan fingerprint density at radius 3 is 2.33 bits per heavy atom. The fourth-order valence-electron chi connectivity index (χ4n) is 5.33. The first kappa shape index (κ1) is 30.3. The molecule has 0 aliphatic rings. The van der Waals surface area contributed by atoms with Crippen LogP contribution in [0.25, 0.3) is 10.9 Å². The van der Waals surface area contributed by atoms with E-state index in [1.165, 1.54) is 10.9 Å². The number of nitrogens with zero attached hydrogens (tertiary/aromatic N) is 2. The van der Waals surface area contributed by atoms with Gasteiger partial charge in [0.2, 0.25) is 11.8 Å². The number of fused-ring (bicyclic) bond motifs is 1. The summed E-state index contributed by atoms with van der Waals surface area (Å²) in [7, 11) is 0. The first-order valence-corrected chi connectivity index (χ1v) is 14.4. The Bertz CT molecular complexity index is 1190. The number of aromatic nitrogens is 1. The van der Waals surface area contributed by atoms with Crippen LogP contribution < -0.4 is 4.74 Å². The van der Waals surface area contributed by atoms with E-state index in [1.54, 1.807) is 4.90 Å². The lowest BCUT2D eigenvalue weighted by molar-refractivity contribution is -0.141. The van der Waals surface area contributed by atoms with Crippen molar-refractivity contribution in [1.29, 1.82) is 0 Å². The molecule has 6 nitrogen and oxygen atoms in total. The first-order valence-electron chi connectivity index (χ1n) is 14.4. The largest absolute Gasteiger partial charge is 0.494 e. The van der Waals surface area contributed by atoms with Crippen molar-refractivity contribution in [3.63, 3.8) is 0 Å². The quantitative estimate of drug-likeness (QED) is 0.247. The molecular weight excluding hydrogens is 486 g/mol. The lowest BCUT2D eigenvalue weighted by Crippen LogP contribution is -2.44. The van der Waals surface area contributed by atoms with Crippen molar-refractivity contribution in [2.24, 2.45) is 11.3 Å². The van der Waals surface area contributed by atoms with Crippen LogP contribution in [0.1, 0.15) is 71.9 Å². The van der Waals surface area contributed by atoms with E-state index < -0.39 is 0 Å². The van der Waals surface area contributed by atoms with Gasteiger partial charge >= 0.3 is 0 Å². The normalized spacial score (nSPS) is 12.4. The smallest absolute Gasteiger partial charge is 0.242 e. The Balaban J connectivity index is 1.75. The number of hydrogen-bond donors (Lipinski definition) is 1. The molecule has 1 aromatic heterocycles. The van der Waals surface area contributed by atoms with E-state index in [9.17, 15) is 9.59 Å². The Labute approximate surface area is 234 Å². The van der Waals surface area contributed by atoms with Gasteiger partial charge in [0.15, 0.2) is 0 Å². The first-order chi connectivity index (χ1) is 18.6. The van der Waals surface area contributed by atoms with E-state index in [0.717, 1.165) is 36.1 Å². The number of nitrogens with one attached hydrogen (secondary N) is 1. The summed E-state index contributed by atoms with van der Waals surface area (Å²) < 4.78 is 5.59. The molecule has 0 radical (unpaired) electrons. The molecule has 1 heterocycles. The molecule has 1 atom stereocenters. The van der Waals surface area contributed by atoms with Crippen molar-refractivity contribution in [2.75, 3.05) is 26.2 Å². The summed E-state index contributed by atoms with van der Waals surface area (Å²) in [5.74, 6) is 1.14. The number of H-pyrrole nitrogens is 1. The molecule has 0 bridgehead atoms. The van der Waals surface area contributed by atoms with E-state index in [-0.39, 0.29) is 29.7 Å². The maximum Gasteiger partial charge on any atom is 0.242 e. The van der Waals surface area contributed by atoms with Crippen LogP contribution in [0.3, 0.4) is 0 Å². The topological polar surface area (TPSA) is 65.6 Å². The lowest BCUT2D eigenvalue weighted by Gasteiger charge is -2.29. The molecule has 1 N–H and O–H groups in total. The van der Waals surface area contributed by atoms with Crippen molar-refractivity contribution >= 4 is 22.7 Å². The number of para-hydroxylation sites is 1. The van der Waals surface area contributed by atoms with Crippen molar-refractivity contribution in [3.8, 4) is 5.75 Å². The van der Waals surface area contributed by atoms with Gasteiger partial charge in [0.25, 0.3) is 0 Å². The third-order valence-electron chi connectivity index (χ3n) is 6.94. The van der Waals surface area contributed by atoms with Gasteiger partial charge in [-0.1, -0.05) is 65.0 Å². The fourth-order valence-corrected chi connectivity index (χ4v) is 5.33. The van der Waals surface area contributed by atoms with Crippen molar-refractivity contribution in [2.45, 2.75) is 73.8 Å². The highest BCUT2D eigenvalue weighted by atomic mass is 16.5. The van der Waals surface area contributed by atoms with E-state index in [4.69, 9.17) is 4.74 Å². The molecule has 6 heteroatoms. The second kappa shape index (κ2) is 14.2. The molecule has 0 spiro atoms. The molecule has 3 rings (SSSR count). The third kappa shape index (κ3) is 9.45. The number of carbonyl (C=O) groups excluding carboxylic acids is 2. The molecular formula is C33H47N3O3. The predicted octanol–water partition coefficient (Wildman–Crippen LogP) is 6.84. The number of rotatable bonds is 14. The third-order valence-corrected chi connectivity index (χ3v) is 6.94. The van der Waals surface area contributed by atoms with Crippen LogP contribution in [-0.2, 0) is 22.6 Å². The number of carbonyl (C=O) groups is 2. The van der Waals surface area contributed by atoms with E-state index in [0.29, 0.717) is 32.7 Å². The molecule has 0 saturated heterocycles. The van der Waals surface area contributed by atoms with E-state index in [2.05, 4.69) is 51.7 Å². The van der Waals surface area contributed by atoms with Gasteiger partial charge in [0.1, 0.15) is 5.75 Å². The molecule has 0 fully saturated rings. The van der Waals surface area contributed by atoms with Gasteiger partial charge < -0.3 is 19.5 Å². The highest BCUT2D eigenvalue weighted by Gasteiger charge is 2.24. The summed E-state index contributed by atoms with van der Waals surface area (Å²) in [6.45, 7) is 15.1. The zero-order valence-corrected chi connectivity index (χ0v) is 24.8. The second-order valence-corrected chi connectivity index (χ2v) is 11.9. The number of ether oxygens (including phenoxy) is 1. The molecule has 2 amide bonds. The highest BCUT2D eigenvalue weighted by molar-refractivity contribution is 5.85. The Morgan fingerprint density at radius 2 is 1.67 bits per heavy atom. The summed E-state index contributed by atoms with van der Waals surface area (Å²) in [5, 5.41) is 1.18. The van der Waals surface area contributed by atoms with Gasteiger partial charge in [-0.15, -0.1) is 0 Å². The van der Waals surface area contributed by atoms with Gasteiger partial charge in [-0.2, -0.15) is 0 Å². The summed E-state index contributed by atoms with van der Waals surface area (Å²) in [6.07, 6.45) is 5.03. The van der Waals surface area contributed by atoms with Gasteiger partial charge in [0.05, 0.1) is 13.2 Å². The minimum Gasteiger partial charge on any atom is -0.494 e. The highest BCUT2D eigenvalue weighted by Crippen LogP contribution is 2.26. The summed E-state index contributed by atoms with van der Waals surface area (Å²) >= 11 is 0. The average molecular weight is 534 g/mol. The van der Waals surface area contributed by atoms with Crippen molar-refractivity contribution < 1.29 is 14.3 Å². The molecule has 0 aliphatic carbocycles. The van der Waals surface area contributed by atoms with Crippen LogP contribution in [0.15, 0.2) is 54.7 Å². The molecule has 212 valence electrons. The van der Waals surface area contributed by atoms with Crippen LogP contribution >= 0.6 is 0 Å². The zero-order chi connectivity index (χ0) is 28.4. The van der Waals surface area contributed by atoms with Crippen molar-refractivity contribution in [3.05, 3.63) is 65.9 Å². The minimum absolute atomic E-state index is 0.0194. The lowest BCUT2D eigenvalue weighted by atomic mass is 9.84. The standard InChI is InChI=1S/C33H47N3O3/c1-7-18-35(31(37)20-25(3)21-33(4,5)6)24-32(38)36(23-26-13-15-28(16-14-26)39-8-2)19-17-27-22-34-30-12-10-9-11-29(27)30/h9-16,22,25,34H,7-8,17-21,23-24H2,1-6H3. The van der Waals surface area contributed by atoms with Crippen LogP contribution in [0.2, 0.25) is 0 Å². The molecule has 3 aromatic rings. The fraction of sp³-hybridized carbons (Fsp3) is 0.515. The van der Waals surface area contributed by atoms with E-state index in [1.807, 2.05) is 54.4 Å². The number of amides is 2. The number of hydrogen-bond acceptors (Lipinski definition) is 3. The monoisotopic (exact) mass is 533 g/mol. The van der Waals surface area contributed by atoms with Gasteiger partial charge in [-0.25, -0.2) is 0 Å². The summed E-state index contributed by atoms with van der Waals surface area (Å²) in [6, 6.07) is 16.2. The summed E-state index contributed by atoms with van der Waals surface area (Å²) in [5.41, 5.74) is 3.49. The average Bonchev–Trinajstić information content (AvgIpc) is 3.29. The predicted molar refractivity (Wildman–Crippen MR) is 160 cm³/mol. The van der Waals surface area contributed by atoms with Crippen LogP contribution in [-0.4, -0.2) is 52.8 Å². The minimum atomic E-state index is -0.0194. The molecule has 1 unspecified atom stereocenters. The van der Waals surface area contributed by atoms with Crippen molar-refractivity contribution in [1.82, 2.24) is 14.8 Å². The van der Waals surface area contributed by atoms with Crippen LogP contribution in [0, 0.1) is 11.3 Å². The molecule has 2 aromatic carbocycles. The van der Waals surface area contributed by atoms with Crippen LogP contribution in [0.4, 0.5) is 0 Å². The summed E-state index contributed by atoms with van der Waals surface area (Å²) in [4.78, 5) is 34.0. The molecule has 39 heavy (non-hydrogen) atoms. The number of benzene rings is 2. The Morgan fingerprint density at radius 1 is 0.949 bits per heavy atom. The zero-order valence-electron chi connectivity index (χ0n) is 24.8. The maximum absolute atomic E-state index is 13.7. The molecule has 0 saturated carbocycles. The second-order valence-electron chi connectivity index (χ2n) is 11.9. The van der Waals surface area contributed by atoms with E-state index >= 15 is 0 Å².